The van der Waals surface area contributed by atoms with E-state index in [4.69, 9.17) is 0 Å². The molecule has 2 aromatic rings. The summed E-state index contributed by atoms with van der Waals surface area (Å²) in [5, 5.41) is 20.1. The molecule has 2 aliphatic rings. The van der Waals surface area contributed by atoms with Crippen LogP contribution in [-0.4, -0.2) is 37.6 Å². The maximum absolute atomic E-state index is 12.3. The van der Waals surface area contributed by atoms with Crippen LogP contribution in [0, 0.1) is 11.3 Å². The second kappa shape index (κ2) is 7.48. The fourth-order valence-corrected chi connectivity index (χ4v) is 4.48. The van der Waals surface area contributed by atoms with Gasteiger partial charge in [0.05, 0.1) is 17.3 Å². The number of anilines is 1. The fraction of sp³-hybridized carbons (Fsp3) is 0.400. The number of thiophene rings is 1. The van der Waals surface area contributed by atoms with Gasteiger partial charge in [0.15, 0.2) is 0 Å². The zero-order valence-electron chi connectivity index (χ0n) is 14.6. The highest BCUT2D eigenvalue weighted by atomic mass is 32.1. The predicted molar refractivity (Wildman–Crippen MR) is 104 cm³/mol. The number of amides is 1. The highest BCUT2D eigenvalue weighted by Gasteiger charge is 2.29. The van der Waals surface area contributed by atoms with Crippen molar-refractivity contribution in [1.82, 2.24) is 10.6 Å². The third-order valence-electron chi connectivity index (χ3n) is 5.22. The van der Waals surface area contributed by atoms with Crippen molar-refractivity contribution in [3.63, 3.8) is 0 Å². The van der Waals surface area contributed by atoms with E-state index in [1.54, 1.807) is 11.3 Å². The quantitative estimate of drug-likeness (QED) is 0.873. The summed E-state index contributed by atoms with van der Waals surface area (Å²) in [5.41, 5.74) is 3.87. The Labute approximate surface area is 157 Å². The van der Waals surface area contributed by atoms with Crippen LogP contribution >= 0.6 is 11.3 Å². The second-order valence-electron chi connectivity index (χ2n) is 6.94. The average molecular weight is 366 g/mol. The van der Waals surface area contributed by atoms with E-state index in [1.165, 1.54) is 0 Å². The van der Waals surface area contributed by atoms with Gasteiger partial charge in [-0.3, -0.25) is 4.79 Å². The first kappa shape index (κ1) is 17.1. The normalized spacial score (nSPS) is 22.3. The number of benzene rings is 1. The summed E-state index contributed by atoms with van der Waals surface area (Å²) in [7, 11) is 0. The molecule has 4 rings (SSSR count). The lowest BCUT2D eigenvalue weighted by Crippen LogP contribution is -2.46. The van der Waals surface area contributed by atoms with Gasteiger partial charge in [0, 0.05) is 19.1 Å². The molecule has 5 nitrogen and oxygen atoms in total. The molecular weight excluding hydrogens is 344 g/mol. The third-order valence-corrected chi connectivity index (χ3v) is 5.91. The molecule has 1 aromatic carbocycles. The van der Waals surface area contributed by atoms with Gasteiger partial charge >= 0.3 is 0 Å². The molecule has 2 aliphatic heterocycles. The highest BCUT2D eigenvalue weighted by Crippen LogP contribution is 2.30. The van der Waals surface area contributed by atoms with Crippen molar-refractivity contribution in [3.05, 3.63) is 40.6 Å². The van der Waals surface area contributed by atoms with Gasteiger partial charge in [0.25, 0.3) is 0 Å². The largest absolute Gasteiger partial charge is 0.368 e. The highest BCUT2D eigenvalue weighted by molar-refractivity contribution is 7.08. The van der Waals surface area contributed by atoms with Crippen LogP contribution in [0.15, 0.2) is 35.0 Å². The Bertz CT molecular complexity index is 821. The summed E-state index contributed by atoms with van der Waals surface area (Å²) < 4.78 is 0. The Morgan fingerprint density at radius 2 is 2.23 bits per heavy atom. The first-order valence-electron chi connectivity index (χ1n) is 9.10. The smallest absolute Gasteiger partial charge is 0.237 e. The minimum atomic E-state index is -0.0383. The predicted octanol–water partition coefficient (Wildman–Crippen LogP) is 2.73. The molecule has 0 aliphatic carbocycles. The van der Waals surface area contributed by atoms with Crippen molar-refractivity contribution in [1.29, 1.82) is 5.26 Å². The molecule has 3 heterocycles. The van der Waals surface area contributed by atoms with E-state index in [0.717, 1.165) is 55.7 Å². The minimum absolute atomic E-state index is 0.0383. The van der Waals surface area contributed by atoms with Crippen LogP contribution in [0.4, 0.5) is 5.69 Å². The van der Waals surface area contributed by atoms with Gasteiger partial charge in [0.2, 0.25) is 5.91 Å². The van der Waals surface area contributed by atoms with E-state index in [0.29, 0.717) is 5.56 Å². The van der Waals surface area contributed by atoms with Crippen molar-refractivity contribution in [2.75, 3.05) is 24.5 Å². The molecule has 2 atom stereocenters. The summed E-state index contributed by atoms with van der Waals surface area (Å²) in [4.78, 5) is 14.5. The SMILES string of the molecule is N#Cc1cc(-c2ccsc2)ccc1N1CCC(NC(=O)C2CCCN2)C1. The van der Waals surface area contributed by atoms with Crippen LogP contribution < -0.4 is 15.5 Å². The van der Waals surface area contributed by atoms with Crippen LogP contribution in [0.2, 0.25) is 0 Å². The Hall–Kier alpha value is -2.36. The Morgan fingerprint density at radius 1 is 1.31 bits per heavy atom. The van der Waals surface area contributed by atoms with E-state index in [-0.39, 0.29) is 18.0 Å². The van der Waals surface area contributed by atoms with Crippen molar-refractivity contribution >= 4 is 22.9 Å². The summed E-state index contributed by atoms with van der Waals surface area (Å²) in [6.07, 6.45) is 2.90. The molecule has 2 fully saturated rings. The summed E-state index contributed by atoms with van der Waals surface area (Å²) in [6.45, 7) is 2.54. The van der Waals surface area contributed by atoms with Gasteiger partial charge in [-0.15, -0.1) is 0 Å². The van der Waals surface area contributed by atoms with E-state index >= 15 is 0 Å². The molecule has 6 heteroatoms. The number of nitrogens with one attached hydrogen (secondary N) is 2. The monoisotopic (exact) mass is 366 g/mol. The van der Waals surface area contributed by atoms with Gasteiger partial charge in [-0.2, -0.15) is 16.6 Å². The Kier molecular flexibility index (Phi) is 4.91. The van der Waals surface area contributed by atoms with Gasteiger partial charge in [-0.05, 0) is 65.9 Å². The lowest BCUT2D eigenvalue weighted by atomic mass is 10.0. The number of carbonyl (C=O) groups excluding carboxylic acids is 1. The number of hydrogen-bond donors (Lipinski definition) is 2. The van der Waals surface area contributed by atoms with E-state index in [2.05, 4.69) is 39.1 Å². The van der Waals surface area contributed by atoms with Crippen LogP contribution in [0.3, 0.4) is 0 Å². The van der Waals surface area contributed by atoms with Crippen LogP contribution in [0.25, 0.3) is 11.1 Å². The Morgan fingerprint density at radius 3 is 2.96 bits per heavy atom. The Balaban J connectivity index is 1.45. The molecule has 26 heavy (non-hydrogen) atoms. The molecule has 2 saturated heterocycles. The lowest BCUT2D eigenvalue weighted by molar-refractivity contribution is -0.123. The van der Waals surface area contributed by atoms with Gasteiger partial charge in [0.1, 0.15) is 6.07 Å². The first-order valence-corrected chi connectivity index (χ1v) is 10.0. The van der Waals surface area contributed by atoms with Crippen molar-refractivity contribution in [3.8, 4) is 17.2 Å². The summed E-state index contributed by atoms with van der Waals surface area (Å²) in [6, 6.07) is 10.6. The van der Waals surface area contributed by atoms with Crippen molar-refractivity contribution < 1.29 is 4.79 Å². The third kappa shape index (κ3) is 3.46. The number of rotatable bonds is 4. The van der Waals surface area contributed by atoms with Crippen LogP contribution in [0.5, 0.6) is 0 Å². The van der Waals surface area contributed by atoms with Gasteiger partial charge < -0.3 is 15.5 Å². The summed E-state index contributed by atoms with van der Waals surface area (Å²) >= 11 is 1.66. The van der Waals surface area contributed by atoms with Crippen LogP contribution in [0.1, 0.15) is 24.8 Å². The van der Waals surface area contributed by atoms with Crippen molar-refractivity contribution in [2.24, 2.45) is 0 Å². The number of nitrogens with zero attached hydrogens (tertiary/aromatic N) is 2. The number of carbonyl (C=O) groups is 1. The van der Waals surface area contributed by atoms with Gasteiger partial charge in [-0.1, -0.05) is 6.07 Å². The van der Waals surface area contributed by atoms with Crippen molar-refractivity contribution in [2.45, 2.75) is 31.3 Å². The molecular formula is C20H22N4OS. The molecule has 134 valence electrons. The molecule has 2 N–H and O–H groups in total. The lowest BCUT2D eigenvalue weighted by Gasteiger charge is -2.21. The summed E-state index contributed by atoms with van der Waals surface area (Å²) in [5.74, 6) is 0.114. The number of nitriles is 1. The van der Waals surface area contributed by atoms with Crippen LogP contribution in [-0.2, 0) is 4.79 Å². The fourth-order valence-electron chi connectivity index (χ4n) is 3.82. The first-order chi connectivity index (χ1) is 12.7. The zero-order valence-corrected chi connectivity index (χ0v) is 15.4. The molecule has 2 unspecified atom stereocenters. The van der Waals surface area contributed by atoms with Gasteiger partial charge in [-0.25, -0.2) is 0 Å². The molecule has 0 radical (unpaired) electrons. The number of hydrogen-bond acceptors (Lipinski definition) is 5. The maximum Gasteiger partial charge on any atom is 0.237 e. The average Bonchev–Trinajstić information content (AvgIpc) is 3.42. The molecule has 0 saturated carbocycles. The second-order valence-corrected chi connectivity index (χ2v) is 7.72. The molecule has 0 spiro atoms. The van der Waals surface area contributed by atoms with E-state index in [1.807, 2.05) is 17.5 Å². The maximum atomic E-state index is 12.3. The molecule has 1 aromatic heterocycles. The molecule has 1 amide bonds. The van der Waals surface area contributed by atoms with E-state index in [9.17, 15) is 10.1 Å². The standard InChI is InChI=1S/C20H22N4OS/c21-11-16-10-14(15-6-9-26-13-15)3-4-19(16)24-8-5-17(12-24)23-20(25)18-2-1-7-22-18/h3-4,6,9-10,13,17-18,22H,1-2,5,7-8,12H2,(H,23,25). The minimum Gasteiger partial charge on any atom is -0.368 e. The zero-order chi connectivity index (χ0) is 17.9. The topological polar surface area (TPSA) is 68.2 Å². The molecule has 0 bridgehead atoms. The van der Waals surface area contributed by atoms with E-state index < -0.39 is 0 Å².